The lowest BCUT2D eigenvalue weighted by molar-refractivity contribution is 0.489. The van der Waals surface area contributed by atoms with Crippen LogP contribution in [0.3, 0.4) is 0 Å². The summed E-state index contributed by atoms with van der Waals surface area (Å²) in [5.41, 5.74) is 2.66. The summed E-state index contributed by atoms with van der Waals surface area (Å²) in [4.78, 5) is 0. The van der Waals surface area contributed by atoms with Crippen LogP contribution in [-0.4, -0.2) is 20.7 Å². The summed E-state index contributed by atoms with van der Waals surface area (Å²) in [6.45, 7) is 4.17. The number of benzene rings is 1. The van der Waals surface area contributed by atoms with Gasteiger partial charge in [-0.05, 0) is 49.4 Å². The number of hydrogen-bond donors (Lipinski definition) is 2. The van der Waals surface area contributed by atoms with Crippen LogP contribution in [-0.2, 0) is 10.0 Å². The van der Waals surface area contributed by atoms with E-state index in [9.17, 15) is 8.42 Å². The molecule has 2 N–H and O–H groups in total. The molecule has 0 heterocycles. The van der Waals surface area contributed by atoms with E-state index in [4.69, 9.17) is 0 Å². The zero-order valence-corrected chi connectivity index (χ0v) is 13.3. The Kier molecular flexibility index (Phi) is 4.58. The summed E-state index contributed by atoms with van der Waals surface area (Å²) >= 11 is 0. The molecule has 20 heavy (non-hydrogen) atoms. The van der Waals surface area contributed by atoms with Gasteiger partial charge < -0.3 is 5.32 Å². The van der Waals surface area contributed by atoms with Crippen molar-refractivity contribution in [1.82, 2.24) is 0 Å². The van der Waals surface area contributed by atoms with Crippen molar-refractivity contribution in [2.75, 3.05) is 16.3 Å². The lowest BCUT2D eigenvalue weighted by Gasteiger charge is -2.21. The molecule has 0 bridgehead atoms. The van der Waals surface area contributed by atoms with Gasteiger partial charge in [0.1, 0.15) is 0 Å². The number of hydrogen-bond acceptors (Lipinski definition) is 3. The summed E-state index contributed by atoms with van der Waals surface area (Å²) in [5.74, 6) is 0.754. The Hall–Kier alpha value is -1.23. The molecule has 1 aliphatic rings. The zero-order chi connectivity index (χ0) is 14.8. The molecular formula is C15H24N2O2S. The van der Waals surface area contributed by atoms with Crippen LogP contribution in [0.25, 0.3) is 0 Å². The van der Waals surface area contributed by atoms with E-state index in [1.807, 2.05) is 25.1 Å². The number of sulfonamides is 1. The highest BCUT2D eigenvalue weighted by atomic mass is 32.2. The van der Waals surface area contributed by atoms with Crippen molar-refractivity contribution in [3.05, 3.63) is 23.8 Å². The van der Waals surface area contributed by atoms with E-state index < -0.39 is 10.0 Å². The quantitative estimate of drug-likeness (QED) is 0.876. The summed E-state index contributed by atoms with van der Waals surface area (Å²) in [6, 6.07) is 6.34. The van der Waals surface area contributed by atoms with Crippen molar-refractivity contribution in [2.45, 2.75) is 45.6 Å². The fourth-order valence-electron chi connectivity index (χ4n) is 3.00. The molecule has 0 amide bonds. The van der Waals surface area contributed by atoms with Gasteiger partial charge in [0.25, 0.3) is 0 Å². The average molecular weight is 296 g/mol. The van der Waals surface area contributed by atoms with Crippen LogP contribution in [0.15, 0.2) is 18.2 Å². The zero-order valence-electron chi connectivity index (χ0n) is 12.4. The maximum Gasteiger partial charge on any atom is 0.229 e. The first-order valence-corrected chi connectivity index (χ1v) is 9.13. The minimum absolute atomic E-state index is 0.549. The van der Waals surface area contributed by atoms with Crippen molar-refractivity contribution in [3.8, 4) is 0 Å². The molecule has 1 aliphatic carbocycles. The highest BCUT2D eigenvalue weighted by Crippen LogP contribution is 2.31. The monoisotopic (exact) mass is 296 g/mol. The Labute approximate surface area is 122 Å². The second-order valence-electron chi connectivity index (χ2n) is 5.75. The van der Waals surface area contributed by atoms with Crippen LogP contribution in [0.5, 0.6) is 0 Å². The summed E-state index contributed by atoms with van der Waals surface area (Å²) in [5, 5.41) is 3.60. The van der Waals surface area contributed by atoms with Crippen LogP contribution >= 0.6 is 0 Å². The molecule has 0 spiro atoms. The van der Waals surface area contributed by atoms with Gasteiger partial charge in [-0.2, -0.15) is 0 Å². The van der Waals surface area contributed by atoms with Gasteiger partial charge in [0.15, 0.2) is 0 Å². The Morgan fingerprint density at radius 2 is 2.05 bits per heavy atom. The van der Waals surface area contributed by atoms with Gasteiger partial charge in [-0.15, -0.1) is 0 Å². The first-order chi connectivity index (χ1) is 9.39. The summed E-state index contributed by atoms with van der Waals surface area (Å²) in [6.07, 6.45) is 6.21. The predicted octanol–water partition coefficient (Wildman–Crippen LogP) is 3.36. The first kappa shape index (κ1) is 15.2. The minimum atomic E-state index is -3.22. The molecule has 0 radical (unpaired) electrons. The number of aryl methyl sites for hydroxylation is 1. The van der Waals surface area contributed by atoms with Crippen LogP contribution in [0.1, 0.15) is 38.2 Å². The van der Waals surface area contributed by atoms with Gasteiger partial charge in [0, 0.05) is 11.7 Å². The Balaban J connectivity index is 2.09. The van der Waals surface area contributed by atoms with Gasteiger partial charge >= 0.3 is 0 Å². The highest BCUT2D eigenvalue weighted by molar-refractivity contribution is 7.92. The standard InChI is InChI=1S/C15H24N2O2S/c1-4-12-6-5-7-15(12)16-13-8-9-14(11(2)10-13)17-20(3,18)19/h8-10,12,15-17H,4-7H2,1-3H3. The fourth-order valence-corrected chi connectivity index (χ4v) is 3.63. The smallest absolute Gasteiger partial charge is 0.229 e. The average Bonchev–Trinajstić information content (AvgIpc) is 2.78. The van der Waals surface area contributed by atoms with Crippen LogP contribution in [0.4, 0.5) is 11.4 Å². The molecule has 0 aliphatic heterocycles. The van der Waals surface area contributed by atoms with E-state index in [0.29, 0.717) is 11.7 Å². The van der Waals surface area contributed by atoms with Gasteiger partial charge in [-0.1, -0.05) is 19.8 Å². The van der Waals surface area contributed by atoms with Crippen molar-refractivity contribution >= 4 is 21.4 Å². The molecule has 1 aromatic carbocycles. The van der Waals surface area contributed by atoms with Crippen molar-refractivity contribution in [3.63, 3.8) is 0 Å². The van der Waals surface area contributed by atoms with E-state index in [1.165, 1.54) is 31.9 Å². The van der Waals surface area contributed by atoms with Crippen LogP contribution in [0.2, 0.25) is 0 Å². The van der Waals surface area contributed by atoms with Gasteiger partial charge in [-0.25, -0.2) is 8.42 Å². The van der Waals surface area contributed by atoms with Crippen molar-refractivity contribution in [2.24, 2.45) is 5.92 Å². The molecule has 112 valence electrons. The van der Waals surface area contributed by atoms with E-state index in [2.05, 4.69) is 17.0 Å². The predicted molar refractivity (Wildman–Crippen MR) is 84.7 cm³/mol. The van der Waals surface area contributed by atoms with Crippen molar-refractivity contribution < 1.29 is 8.42 Å². The van der Waals surface area contributed by atoms with Gasteiger partial charge in [0.2, 0.25) is 10.0 Å². The van der Waals surface area contributed by atoms with Crippen molar-refractivity contribution in [1.29, 1.82) is 0 Å². The van der Waals surface area contributed by atoms with Crippen LogP contribution in [0, 0.1) is 12.8 Å². The number of anilines is 2. The van der Waals surface area contributed by atoms with E-state index in [0.717, 1.165) is 17.2 Å². The third kappa shape index (κ3) is 3.88. The molecule has 4 nitrogen and oxygen atoms in total. The Bertz CT molecular complexity index is 569. The minimum Gasteiger partial charge on any atom is -0.382 e. The topological polar surface area (TPSA) is 58.2 Å². The lowest BCUT2D eigenvalue weighted by atomic mass is 10.0. The molecule has 2 rings (SSSR count). The molecule has 2 atom stereocenters. The Morgan fingerprint density at radius 3 is 2.65 bits per heavy atom. The highest BCUT2D eigenvalue weighted by Gasteiger charge is 2.25. The SMILES string of the molecule is CCC1CCCC1Nc1ccc(NS(C)(=O)=O)c(C)c1. The van der Waals surface area contributed by atoms with E-state index in [1.54, 1.807) is 0 Å². The maximum atomic E-state index is 11.3. The molecular weight excluding hydrogens is 272 g/mol. The second-order valence-corrected chi connectivity index (χ2v) is 7.50. The number of rotatable bonds is 5. The summed E-state index contributed by atoms with van der Waals surface area (Å²) < 4.78 is 25.1. The molecule has 5 heteroatoms. The normalized spacial score (nSPS) is 22.8. The molecule has 1 aromatic rings. The van der Waals surface area contributed by atoms with Gasteiger partial charge in [-0.3, -0.25) is 4.72 Å². The fraction of sp³-hybridized carbons (Fsp3) is 0.600. The lowest BCUT2D eigenvalue weighted by Crippen LogP contribution is -2.23. The molecule has 0 saturated heterocycles. The van der Waals surface area contributed by atoms with E-state index in [-0.39, 0.29) is 0 Å². The molecule has 0 aromatic heterocycles. The summed E-state index contributed by atoms with van der Waals surface area (Å²) in [7, 11) is -3.22. The molecule has 1 saturated carbocycles. The van der Waals surface area contributed by atoms with E-state index >= 15 is 0 Å². The van der Waals surface area contributed by atoms with Crippen LogP contribution < -0.4 is 10.0 Å². The maximum absolute atomic E-state index is 11.3. The Morgan fingerprint density at radius 1 is 1.30 bits per heavy atom. The second kappa shape index (κ2) is 6.04. The third-order valence-corrected chi connectivity index (χ3v) is 4.65. The number of nitrogens with one attached hydrogen (secondary N) is 2. The van der Waals surface area contributed by atoms with Gasteiger partial charge in [0.05, 0.1) is 11.9 Å². The molecule has 2 unspecified atom stereocenters. The molecule has 1 fully saturated rings. The first-order valence-electron chi connectivity index (χ1n) is 7.24. The largest absolute Gasteiger partial charge is 0.382 e. The third-order valence-electron chi connectivity index (χ3n) is 4.06.